The molecule has 2 aromatic rings. The van der Waals surface area contributed by atoms with E-state index in [9.17, 15) is 10.1 Å². The van der Waals surface area contributed by atoms with E-state index in [4.69, 9.17) is 15.0 Å². The van der Waals surface area contributed by atoms with Gasteiger partial charge in [0.2, 0.25) is 0 Å². The average Bonchev–Trinajstić information content (AvgIpc) is 2.86. The number of hydrogen-bond donors (Lipinski definition) is 1. The Morgan fingerprint density at radius 1 is 1.52 bits per heavy atom. The molecule has 1 aromatic heterocycles. The van der Waals surface area contributed by atoms with Crippen LogP contribution in [0.4, 0.5) is 5.69 Å². The number of rotatable bonds is 5. The van der Waals surface area contributed by atoms with E-state index in [2.05, 4.69) is 26.1 Å². The molecule has 0 unspecified atom stereocenters. The molecule has 21 heavy (non-hydrogen) atoms. The second-order valence-electron chi connectivity index (χ2n) is 4.87. The Balaban J connectivity index is 2.12. The van der Waals surface area contributed by atoms with Crippen molar-refractivity contribution < 1.29 is 14.2 Å². The molecule has 1 heterocycles. The van der Waals surface area contributed by atoms with Crippen LogP contribution in [0.3, 0.4) is 0 Å². The van der Waals surface area contributed by atoms with E-state index < -0.39 is 10.5 Å². The van der Waals surface area contributed by atoms with Crippen molar-refractivity contribution in [2.24, 2.45) is 5.73 Å². The van der Waals surface area contributed by atoms with Crippen LogP contribution in [-0.2, 0) is 12.1 Å². The fourth-order valence-corrected chi connectivity index (χ4v) is 1.99. The molecule has 0 aliphatic rings. The number of benzene rings is 1. The minimum absolute atomic E-state index is 0.0111. The van der Waals surface area contributed by atoms with E-state index in [1.165, 1.54) is 12.1 Å². The van der Waals surface area contributed by atoms with Gasteiger partial charge in [0.1, 0.15) is 10.2 Å². The zero-order valence-electron chi connectivity index (χ0n) is 11.4. The summed E-state index contributed by atoms with van der Waals surface area (Å²) in [5.74, 6) is 0.914. The first-order valence-corrected chi connectivity index (χ1v) is 6.76. The van der Waals surface area contributed by atoms with E-state index in [0.717, 1.165) is 0 Å². The van der Waals surface area contributed by atoms with Crippen LogP contribution in [-0.4, -0.2) is 15.1 Å². The van der Waals surface area contributed by atoms with Crippen LogP contribution in [0.5, 0.6) is 5.75 Å². The van der Waals surface area contributed by atoms with Gasteiger partial charge in [-0.05, 0) is 35.8 Å². The lowest BCUT2D eigenvalue weighted by Gasteiger charge is -2.11. The Morgan fingerprint density at radius 2 is 2.24 bits per heavy atom. The fraction of sp³-hybridized carbons (Fsp3) is 0.333. The van der Waals surface area contributed by atoms with Gasteiger partial charge >= 0.3 is 0 Å². The standard InChI is InChI=1S/C12H13BrN4O4/c1-12(2,14)11-15-9(21-16-11)6-20-8-5-3-4-7(10(8)13)17(18)19/h3-5H,6,14H2,1-2H3. The third-order valence-electron chi connectivity index (χ3n) is 2.54. The molecular weight excluding hydrogens is 344 g/mol. The highest BCUT2D eigenvalue weighted by atomic mass is 79.9. The molecule has 0 atom stereocenters. The second kappa shape index (κ2) is 5.78. The van der Waals surface area contributed by atoms with E-state index >= 15 is 0 Å². The summed E-state index contributed by atoms with van der Waals surface area (Å²) >= 11 is 3.14. The normalized spacial score (nSPS) is 11.4. The van der Waals surface area contributed by atoms with Gasteiger partial charge in [-0.1, -0.05) is 11.2 Å². The van der Waals surface area contributed by atoms with Crippen LogP contribution in [0.2, 0.25) is 0 Å². The smallest absolute Gasteiger partial charge is 0.287 e. The number of nitrogens with zero attached hydrogens (tertiary/aromatic N) is 3. The first-order chi connectivity index (χ1) is 9.79. The maximum Gasteiger partial charge on any atom is 0.287 e. The van der Waals surface area contributed by atoms with Crippen LogP contribution in [0.15, 0.2) is 27.2 Å². The molecule has 8 nitrogen and oxygen atoms in total. The first kappa shape index (κ1) is 15.4. The molecule has 0 radical (unpaired) electrons. The van der Waals surface area contributed by atoms with Gasteiger partial charge < -0.3 is 15.0 Å². The number of nitro benzene ring substituents is 1. The molecule has 0 aliphatic carbocycles. The number of hydrogen-bond acceptors (Lipinski definition) is 7. The van der Waals surface area contributed by atoms with Crippen molar-refractivity contribution in [2.75, 3.05) is 0 Å². The lowest BCUT2D eigenvalue weighted by molar-refractivity contribution is -0.385. The quantitative estimate of drug-likeness (QED) is 0.645. The Bertz CT molecular complexity index is 666. The minimum Gasteiger partial charge on any atom is -0.482 e. The number of halogens is 1. The van der Waals surface area contributed by atoms with Gasteiger partial charge in [0.05, 0.1) is 10.5 Å². The Morgan fingerprint density at radius 3 is 2.81 bits per heavy atom. The predicted molar refractivity (Wildman–Crippen MR) is 76.6 cm³/mol. The van der Waals surface area contributed by atoms with E-state index in [1.54, 1.807) is 19.9 Å². The third kappa shape index (κ3) is 3.56. The lowest BCUT2D eigenvalue weighted by Crippen LogP contribution is -2.30. The number of nitrogens with two attached hydrogens (primary N) is 1. The molecule has 1 aromatic carbocycles. The topological polar surface area (TPSA) is 117 Å². The van der Waals surface area contributed by atoms with Crippen molar-refractivity contribution in [3.8, 4) is 5.75 Å². The monoisotopic (exact) mass is 356 g/mol. The Kier molecular flexibility index (Phi) is 4.24. The van der Waals surface area contributed by atoms with Crippen LogP contribution < -0.4 is 10.5 Å². The molecule has 0 bridgehead atoms. The summed E-state index contributed by atoms with van der Waals surface area (Å²) in [6.07, 6.45) is 0. The van der Waals surface area contributed by atoms with E-state index in [0.29, 0.717) is 11.6 Å². The van der Waals surface area contributed by atoms with Gasteiger partial charge in [-0.25, -0.2) is 0 Å². The van der Waals surface area contributed by atoms with Crippen molar-refractivity contribution in [1.29, 1.82) is 0 Å². The molecule has 0 fully saturated rings. The molecule has 0 aliphatic heterocycles. The summed E-state index contributed by atoms with van der Waals surface area (Å²) < 4.78 is 10.7. The van der Waals surface area contributed by atoms with Crippen LogP contribution in [0.25, 0.3) is 0 Å². The van der Waals surface area contributed by atoms with Crippen LogP contribution in [0.1, 0.15) is 25.6 Å². The molecule has 0 saturated heterocycles. The fourth-order valence-electron chi connectivity index (χ4n) is 1.47. The number of aromatic nitrogens is 2. The SMILES string of the molecule is CC(C)(N)c1noc(COc2cccc([N+](=O)[O-])c2Br)n1. The van der Waals surface area contributed by atoms with Crippen molar-refractivity contribution in [3.05, 3.63) is 44.5 Å². The second-order valence-corrected chi connectivity index (χ2v) is 5.66. The maximum absolute atomic E-state index is 10.8. The van der Waals surface area contributed by atoms with E-state index in [-0.39, 0.29) is 22.7 Å². The highest BCUT2D eigenvalue weighted by molar-refractivity contribution is 9.10. The van der Waals surface area contributed by atoms with Gasteiger partial charge in [0, 0.05) is 6.07 Å². The summed E-state index contributed by atoms with van der Waals surface area (Å²) in [6.45, 7) is 3.49. The summed E-state index contributed by atoms with van der Waals surface area (Å²) in [7, 11) is 0. The van der Waals surface area contributed by atoms with E-state index in [1.807, 2.05) is 0 Å². The van der Waals surface area contributed by atoms with Crippen molar-refractivity contribution in [2.45, 2.75) is 26.0 Å². The first-order valence-electron chi connectivity index (χ1n) is 5.96. The summed E-state index contributed by atoms with van der Waals surface area (Å²) in [4.78, 5) is 14.4. The van der Waals surface area contributed by atoms with Gasteiger partial charge in [-0.3, -0.25) is 10.1 Å². The number of ether oxygens (including phenoxy) is 1. The molecular formula is C12H13BrN4O4. The number of nitro groups is 1. The zero-order valence-corrected chi connectivity index (χ0v) is 13.0. The molecule has 2 rings (SSSR count). The highest BCUT2D eigenvalue weighted by Crippen LogP contribution is 2.34. The largest absolute Gasteiger partial charge is 0.482 e. The van der Waals surface area contributed by atoms with Crippen molar-refractivity contribution >= 4 is 21.6 Å². The molecule has 0 amide bonds. The highest BCUT2D eigenvalue weighted by Gasteiger charge is 2.22. The Labute approximate surface area is 128 Å². The zero-order chi connectivity index (χ0) is 15.6. The molecule has 112 valence electrons. The van der Waals surface area contributed by atoms with Gasteiger partial charge in [0.15, 0.2) is 12.4 Å². The summed E-state index contributed by atoms with van der Waals surface area (Å²) in [5, 5.41) is 14.6. The third-order valence-corrected chi connectivity index (χ3v) is 3.33. The van der Waals surface area contributed by atoms with Gasteiger partial charge in [-0.15, -0.1) is 0 Å². The van der Waals surface area contributed by atoms with Gasteiger partial charge in [-0.2, -0.15) is 4.98 Å². The average molecular weight is 357 g/mol. The van der Waals surface area contributed by atoms with Crippen LogP contribution >= 0.6 is 15.9 Å². The summed E-state index contributed by atoms with van der Waals surface area (Å²) in [5.41, 5.74) is 5.05. The minimum atomic E-state index is -0.714. The lowest BCUT2D eigenvalue weighted by atomic mass is 10.1. The van der Waals surface area contributed by atoms with Crippen molar-refractivity contribution in [3.63, 3.8) is 0 Å². The maximum atomic E-state index is 10.8. The van der Waals surface area contributed by atoms with Crippen LogP contribution in [0, 0.1) is 10.1 Å². The van der Waals surface area contributed by atoms with Gasteiger partial charge in [0.25, 0.3) is 11.6 Å². The summed E-state index contributed by atoms with van der Waals surface area (Å²) in [6, 6.07) is 4.50. The van der Waals surface area contributed by atoms with Crippen molar-refractivity contribution in [1.82, 2.24) is 10.1 Å². The molecule has 9 heteroatoms. The molecule has 2 N–H and O–H groups in total. The Hall–Kier alpha value is -2.00. The predicted octanol–water partition coefficient (Wildman–Crippen LogP) is 2.51. The molecule has 0 spiro atoms. The molecule has 0 saturated carbocycles.